The zero-order valence-electron chi connectivity index (χ0n) is 16.0. The highest BCUT2D eigenvalue weighted by molar-refractivity contribution is 5.92. The highest BCUT2D eigenvalue weighted by atomic mass is 16.5. The van der Waals surface area contributed by atoms with Gasteiger partial charge in [-0.15, -0.1) is 0 Å². The second-order valence-electron chi connectivity index (χ2n) is 6.46. The van der Waals surface area contributed by atoms with Gasteiger partial charge in [0, 0.05) is 30.9 Å². The van der Waals surface area contributed by atoms with Crippen LogP contribution in [0.15, 0.2) is 28.8 Å². The number of ether oxygens (including phenoxy) is 1. The standard InChI is InChI=1S/C19H27N5O3/c1-3-17-21-19(27-22-17)14-23(4-2)13-18(25)20-15-5-7-16(8-6-15)24-9-11-26-12-10-24/h5-8H,3-4,9-14H2,1-2H3,(H,20,25). The first-order valence-electron chi connectivity index (χ1n) is 9.44. The third-order valence-electron chi connectivity index (χ3n) is 4.53. The predicted molar refractivity (Wildman–Crippen MR) is 103 cm³/mol. The van der Waals surface area contributed by atoms with Crippen LogP contribution in [0.2, 0.25) is 0 Å². The summed E-state index contributed by atoms with van der Waals surface area (Å²) in [5.41, 5.74) is 1.94. The molecule has 1 fully saturated rings. The van der Waals surface area contributed by atoms with Gasteiger partial charge in [-0.05, 0) is 30.8 Å². The van der Waals surface area contributed by atoms with Gasteiger partial charge in [-0.25, -0.2) is 0 Å². The molecule has 1 aliphatic rings. The third-order valence-corrected chi connectivity index (χ3v) is 4.53. The first-order valence-corrected chi connectivity index (χ1v) is 9.44. The van der Waals surface area contributed by atoms with Crippen molar-refractivity contribution in [2.45, 2.75) is 26.8 Å². The summed E-state index contributed by atoms with van der Waals surface area (Å²) in [5.74, 6) is 1.16. The lowest BCUT2D eigenvalue weighted by Gasteiger charge is -2.28. The van der Waals surface area contributed by atoms with Crippen LogP contribution in [0, 0.1) is 0 Å². The molecule has 2 heterocycles. The van der Waals surface area contributed by atoms with E-state index in [9.17, 15) is 4.79 Å². The Morgan fingerprint density at radius 1 is 1.22 bits per heavy atom. The molecular weight excluding hydrogens is 346 g/mol. The van der Waals surface area contributed by atoms with Crippen LogP contribution < -0.4 is 10.2 Å². The lowest BCUT2D eigenvalue weighted by molar-refractivity contribution is -0.117. The Kier molecular flexibility index (Phi) is 6.78. The van der Waals surface area contributed by atoms with Crippen molar-refractivity contribution in [3.8, 4) is 0 Å². The van der Waals surface area contributed by atoms with Crippen LogP contribution >= 0.6 is 0 Å². The van der Waals surface area contributed by atoms with E-state index in [2.05, 4.69) is 20.4 Å². The number of nitrogens with one attached hydrogen (secondary N) is 1. The van der Waals surface area contributed by atoms with Gasteiger partial charge in [0.05, 0.1) is 26.3 Å². The Balaban J connectivity index is 1.51. The molecule has 146 valence electrons. The number of hydrogen-bond acceptors (Lipinski definition) is 7. The summed E-state index contributed by atoms with van der Waals surface area (Å²) in [5, 5.41) is 6.84. The number of carbonyl (C=O) groups excluding carboxylic acids is 1. The number of aromatic nitrogens is 2. The van der Waals surface area contributed by atoms with Gasteiger partial charge in [-0.3, -0.25) is 9.69 Å². The molecule has 8 nitrogen and oxygen atoms in total. The quantitative estimate of drug-likeness (QED) is 0.757. The van der Waals surface area contributed by atoms with Gasteiger partial charge in [0.2, 0.25) is 11.8 Å². The van der Waals surface area contributed by atoms with Crippen LogP contribution in [-0.2, 0) is 22.5 Å². The van der Waals surface area contributed by atoms with Gasteiger partial charge in [0.25, 0.3) is 0 Å². The Hall–Kier alpha value is -2.45. The number of rotatable bonds is 8. The molecule has 1 amide bonds. The number of benzene rings is 1. The lowest BCUT2D eigenvalue weighted by atomic mass is 10.2. The number of nitrogens with zero attached hydrogens (tertiary/aromatic N) is 4. The molecule has 1 aliphatic heterocycles. The average molecular weight is 373 g/mol. The number of carbonyl (C=O) groups is 1. The smallest absolute Gasteiger partial charge is 0.240 e. The van der Waals surface area contributed by atoms with E-state index in [0.717, 1.165) is 44.1 Å². The molecular formula is C19H27N5O3. The molecule has 0 bridgehead atoms. The molecule has 1 N–H and O–H groups in total. The second kappa shape index (κ2) is 9.48. The fraction of sp³-hybridized carbons (Fsp3) is 0.526. The fourth-order valence-corrected chi connectivity index (χ4v) is 2.95. The number of aryl methyl sites for hydroxylation is 1. The minimum Gasteiger partial charge on any atom is -0.378 e. The number of morpholine rings is 1. The molecule has 0 spiro atoms. The van der Waals surface area contributed by atoms with Crippen molar-refractivity contribution in [1.82, 2.24) is 15.0 Å². The molecule has 0 unspecified atom stereocenters. The number of anilines is 2. The van der Waals surface area contributed by atoms with E-state index in [0.29, 0.717) is 24.8 Å². The van der Waals surface area contributed by atoms with E-state index in [-0.39, 0.29) is 12.5 Å². The van der Waals surface area contributed by atoms with Crippen molar-refractivity contribution in [2.75, 3.05) is 49.6 Å². The van der Waals surface area contributed by atoms with Crippen LogP contribution in [0.3, 0.4) is 0 Å². The lowest BCUT2D eigenvalue weighted by Crippen LogP contribution is -2.36. The zero-order chi connectivity index (χ0) is 19.1. The van der Waals surface area contributed by atoms with Gasteiger partial charge in [-0.1, -0.05) is 19.0 Å². The van der Waals surface area contributed by atoms with Gasteiger partial charge in [0.1, 0.15) is 0 Å². The molecule has 0 atom stereocenters. The Bertz CT molecular complexity index is 725. The van der Waals surface area contributed by atoms with E-state index in [4.69, 9.17) is 9.26 Å². The van der Waals surface area contributed by atoms with Gasteiger partial charge >= 0.3 is 0 Å². The minimum absolute atomic E-state index is 0.0637. The van der Waals surface area contributed by atoms with E-state index < -0.39 is 0 Å². The summed E-state index contributed by atoms with van der Waals surface area (Å²) in [6.45, 7) is 8.73. The van der Waals surface area contributed by atoms with Crippen molar-refractivity contribution >= 4 is 17.3 Å². The van der Waals surface area contributed by atoms with Crippen molar-refractivity contribution in [3.05, 3.63) is 36.0 Å². The van der Waals surface area contributed by atoms with E-state index in [1.165, 1.54) is 0 Å². The Morgan fingerprint density at radius 3 is 2.59 bits per heavy atom. The monoisotopic (exact) mass is 373 g/mol. The van der Waals surface area contributed by atoms with Gasteiger partial charge < -0.3 is 19.5 Å². The van der Waals surface area contributed by atoms with E-state index in [1.807, 2.05) is 43.0 Å². The van der Waals surface area contributed by atoms with Crippen molar-refractivity contribution in [2.24, 2.45) is 0 Å². The van der Waals surface area contributed by atoms with Crippen LogP contribution in [0.4, 0.5) is 11.4 Å². The molecule has 0 aliphatic carbocycles. The van der Waals surface area contributed by atoms with Crippen molar-refractivity contribution in [3.63, 3.8) is 0 Å². The topological polar surface area (TPSA) is 83.7 Å². The maximum absolute atomic E-state index is 12.4. The van der Waals surface area contributed by atoms with Crippen LogP contribution in [0.5, 0.6) is 0 Å². The van der Waals surface area contributed by atoms with Crippen LogP contribution in [0.25, 0.3) is 0 Å². The molecule has 0 saturated carbocycles. The van der Waals surface area contributed by atoms with Gasteiger partial charge in [0.15, 0.2) is 5.82 Å². The highest BCUT2D eigenvalue weighted by Crippen LogP contribution is 2.19. The van der Waals surface area contributed by atoms with Crippen LogP contribution in [-0.4, -0.2) is 60.3 Å². The highest BCUT2D eigenvalue weighted by Gasteiger charge is 2.15. The van der Waals surface area contributed by atoms with Crippen LogP contribution in [0.1, 0.15) is 25.6 Å². The molecule has 8 heteroatoms. The number of amides is 1. The average Bonchev–Trinajstić information content (AvgIpc) is 3.16. The number of likely N-dealkylation sites (N-methyl/N-ethyl adjacent to an activating group) is 1. The zero-order valence-corrected chi connectivity index (χ0v) is 16.0. The third kappa shape index (κ3) is 5.51. The summed E-state index contributed by atoms with van der Waals surface area (Å²) in [6.07, 6.45) is 0.733. The number of hydrogen-bond donors (Lipinski definition) is 1. The first-order chi connectivity index (χ1) is 13.2. The minimum atomic E-state index is -0.0637. The molecule has 2 aromatic rings. The Morgan fingerprint density at radius 2 is 1.96 bits per heavy atom. The first kappa shape index (κ1) is 19.3. The van der Waals surface area contributed by atoms with E-state index >= 15 is 0 Å². The molecule has 3 rings (SSSR count). The predicted octanol–water partition coefficient (Wildman–Crippen LogP) is 1.93. The largest absolute Gasteiger partial charge is 0.378 e. The van der Waals surface area contributed by atoms with Gasteiger partial charge in [-0.2, -0.15) is 4.98 Å². The van der Waals surface area contributed by atoms with Crippen molar-refractivity contribution < 1.29 is 14.1 Å². The Labute approximate surface area is 159 Å². The fourth-order valence-electron chi connectivity index (χ4n) is 2.95. The summed E-state index contributed by atoms with van der Waals surface area (Å²) in [7, 11) is 0. The second-order valence-corrected chi connectivity index (χ2v) is 6.46. The SMILES string of the molecule is CCc1noc(CN(CC)CC(=O)Nc2ccc(N3CCOCC3)cc2)n1. The van der Waals surface area contributed by atoms with Crippen molar-refractivity contribution in [1.29, 1.82) is 0 Å². The summed E-state index contributed by atoms with van der Waals surface area (Å²) >= 11 is 0. The molecule has 27 heavy (non-hydrogen) atoms. The maximum atomic E-state index is 12.4. The maximum Gasteiger partial charge on any atom is 0.240 e. The summed E-state index contributed by atoms with van der Waals surface area (Å²) < 4.78 is 10.6. The molecule has 1 aromatic heterocycles. The summed E-state index contributed by atoms with van der Waals surface area (Å²) in [4.78, 5) is 20.9. The summed E-state index contributed by atoms with van der Waals surface area (Å²) in [6, 6.07) is 7.93. The molecule has 1 saturated heterocycles. The molecule has 0 radical (unpaired) electrons. The van der Waals surface area contributed by atoms with E-state index in [1.54, 1.807) is 0 Å². The molecule has 1 aromatic carbocycles. The normalized spacial score (nSPS) is 14.6.